The molecule has 0 amide bonds. The van der Waals surface area contributed by atoms with Gasteiger partial charge in [0.15, 0.2) is 5.69 Å². The largest absolute Gasteiger partial charge is 0.325 e. The predicted octanol–water partition coefficient (Wildman–Crippen LogP) is 0.750. The molecule has 0 saturated carbocycles. The quantitative estimate of drug-likeness (QED) is 0.584. The number of nitrogens with zero attached hydrogens (tertiary/aromatic N) is 4. The van der Waals surface area contributed by atoms with E-state index in [1.165, 1.54) is 6.20 Å². The van der Waals surface area contributed by atoms with Crippen LogP contribution < -0.4 is 11.2 Å². The monoisotopic (exact) mass is 257 g/mol. The van der Waals surface area contributed by atoms with E-state index in [1.54, 1.807) is 18.2 Å². The topological polar surface area (TPSA) is 132 Å². The molecule has 0 spiro atoms. The summed E-state index contributed by atoms with van der Waals surface area (Å²) in [6, 6.07) is 5.08. The highest BCUT2D eigenvalue weighted by Crippen LogP contribution is 2.19. The molecule has 2 heterocycles. The third-order valence-corrected chi connectivity index (χ3v) is 2.37. The van der Waals surface area contributed by atoms with Crippen LogP contribution in [0.15, 0.2) is 44.2 Å². The average Bonchev–Trinajstić information content (AvgIpc) is 2.85. The number of hydrogen-bond donors (Lipinski definition) is 3. The minimum Gasteiger partial charge on any atom is -0.312 e. The van der Waals surface area contributed by atoms with Crippen molar-refractivity contribution in [2.24, 2.45) is 10.2 Å². The molecule has 0 atom stereocenters. The van der Waals surface area contributed by atoms with E-state index in [-0.39, 0.29) is 5.69 Å². The van der Waals surface area contributed by atoms with Crippen molar-refractivity contribution in [3.05, 3.63) is 45.2 Å². The maximum Gasteiger partial charge on any atom is 0.325 e. The predicted molar refractivity (Wildman–Crippen MR) is 65.7 cm³/mol. The standard InChI is InChI=1S/C10H7N7O2/c18-9-8(4-11-10(19)12-9)14-13-5-1-2-6-7(3-5)16-17-15-6/h1-4H,(H,15,16,17)(H2,11,12,18,19). The lowest BCUT2D eigenvalue weighted by atomic mass is 10.3. The van der Waals surface area contributed by atoms with Crippen LogP contribution in [0.5, 0.6) is 0 Å². The smallest absolute Gasteiger partial charge is 0.312 e. The molecule has 9 nitrogen and oxygen atoms in total. The van der Waals surface area contributed by atoms with E-state index in [2.05, 4.69) is 35.6 Å². The number of aromatic nitrogens is 5. The third-order valence-electron chi connectivity index (χ3n) is 2.37. The summed E-state index contributed by atoms with van der Waals surface area (Å²) >= 11 is 0. The first-order chi connectivity index (χ1) is 9.22. The summed E-state index contributed by atoms with van der Waals surface area (Å²) in [5, 5.41) is 18.0. The summed E-state index contributed by atoms with van der Waals surface area (Å²) in [6.07, 6.45) is 1.19. The van der Waals surface area contributed by atoms with Gasteiger partial charge in [-0.3, -0.25) is 9.78 Å². The van der Waals surface area contributed by atoms with Gasteiger partial charge in [-0.15, -0.1) is 5.11 Å². The number of azo groups is 1. The summed E-state index contributed by atoms with van der Waals surface area (Å²) in [4.78, 5) is 26.6. The molecular weight excluding hydrogens is 250 g/mol. The SMILES string of the molecule is O=c1[nH]cc(N=Nc2ccc3n[nH]nc3c2)c(=O)[nH]1. The van der Waals surface area contributed by atoms with Gasteiger partial charge in [0.1, 0.15) is 11.0 Å². The van der Waals surface area contributed by atoms with Crippen molar-refractivity contribution in [2.75, 3.05) is 0 Å². The highest BCUT2D eigenvalue weighted by atomic mass is 16.2. The first kappa shape index (κ1) is 11.0. The van der Waals surface area contributed by atoms with Crippen molar-refractivity contribution in [1.82, 2.24) is 25.4 Å². The molecule has 0 bridgehead atoms. The van der Waals surface area contributed by atoms with Crippen LogP contribution >= 0.6 is 0 Å². The molecule has 94 valence electrons. The number of aromatic amines is 3. The van der Waals surface area contributed by atoms with E-state index in [4.69, 9.17) is 0 Å². The Morgan fingerprint density at radius 1 is 1.05 bits per heavy atom. The molecule has 3 N–H and O–H groups in total. The van der Waals surface area contributed by atoms with Gasteiger partial charge in [0.25, 0.3) is 5.56 Å². The Morgan fingerprint density at radius 2 is 1.89 bits per heavy atom. The van der Waals surface area contributed by atoms with Crippen LogP contribution in [-0.2, 0) is 0 Å². The summed E-state index contributed by atoms with van der Waals surface area (Å²) in [6.45, 7) is 0. The van der Waals surface area contributed by atoms with E-state index in [0.717, 1.165) is 0 Å². The molecule has 0 saturated heterocycles. The Balaban J connectivity index is 1.97. The minimum absolute atomic E-state index is 0.0137. The van der Waals surface area contributed by atoms with Crippen molar-refractivity contribution < 1.29 is 0 Å². The highest BCUT2D eigenvalue weighted by Gasteiger charge is 2.00. The fourth-order valence-electron chi connectivity index (χ4n) is 1.48. The first-order valence-corrected chi connectivity index (χ1v) is 5.27. The molecule has 3 rings (SSSR count). The zero-order valence-corrected chi connectivity index (χ0v) is 9.41. The van der Waals surface area contributed by atoms with Gasteiger partial charge in [-0.1, -0.05) is 0 Å². The number of hydrogen-bond acceptors (Lipinski definition) is 6. The molecule has 0 radical (unpaired) electrons. The number of benzene rings is 1. The van der Waals surface area contributed by atoms with Gasteiger partial charge in [0.2, 0.25) is 0 Å². The molecule has 0 aliphatic heterocycles. The summed E-state index contributed by atoms with van der Waals surface area (Å²) in [7, 11) is 0. The molecule has 0 fully saturated rings. The van der Waals surface area contributed by atoms with Crippen molar-refractivity contribution >= 4 is 22.4 Å². The van der Waals surface area contributed by atoms with Gasteiger partial charge in [0.05, 0.1) is 5.69 Å². The second kappa shape index (κ2) is 4.29. The molecular formula is C10H7N7O2. The number of fused-ring (bicyclic) bond motifs is 1. The van der Waals surface area contributed by atoms with Crippen LogP contribution in [0.2, 0.25) is 0 Å². The molecule has 0 aliphatic rings. The van der Waals surface area contributed by atoms with Crippen LogP contribution in [0.25, 0.3) is 11.0 Å². The lowest BCUT2D eigenvalue weighted by molar-refractivity contribution is 0.959. The molecule has 3 aromatic rings. The Morgan fingerprint density at radius 3 is 2.74 bits per heavy atom. The fraction of sp³-hybridized carbons (Fsp3) is 0. The summed E-state index contributed by atoms with van der Waals surface area (Å²) in [5.74, 6) is 0. The molecule has 0 aliphatic carbocycles. The van der Waals surface area contributed by atoms with E-state index in [1.807, 2.05) is 0 Å². The maximum atomic E-state index is 11.4. The summed E-state index contributed by atoms with van der Waals surface area (Å²) < 4.78 is 0. The third kappa shape index (κ3) is 2.16. The first-order valence-electron chi connectivity index (χ1n) is 5.27. The van der Waals surface area contributed by atoms with Crippen molar-refractivity contribution in [1.29, 1.82) is 0 Å². The number of H-pyrrole nitrogens is 3. The van der Waals surface area contributed by atoms with Gasteiger partial charge < -0.3 is 4.98 Å². The number of rotatable bonds is 2. The Kier molecular flexibility index (Phi) is 2.49. The van der Waals surface area contributed by atoms with Gasteiger partial charge in [-0.25, -0.2) is 4.79 Å². The van der Waals surface area contributed by atoms with Crippen LogP contribution in [0.1, 0.15) is 0 Å². The number of nitrogens with one attached hydrogen (secondary N) is 3. The highest BCUT2D eigenvalue weighted by molar-refractivity contribution is 5.76. The average molecular weight is 257 g/mol. The molecule has 1 aromatic carbocycles. The Hall–Kier alpha value is -3.10. The van der Waals surface area contributed by atoms with Crippen LogP contribution in [0.3, 0.4) is 0 Å². The van der Waals surface area contributed by atoms with Gasteiger partial charge in [-0.2, -0.15) is 20.5 Å². The Labute approximate surface area is 104 Å². The molecule has 9 heteroatoms. The minimum atomic E-state index is -0.602. The van der Waals surface area contributed by atoms with Gasteiger partial charge >= 0.3 is 5.69 Å². The van der Waals surface area contributed by atoms with Crippen molar-refractivity contribution in [3.8, 4) is 0 Å². The van der Waals surface area contributed by atoms with Gasteiger partial charge in [0, 0.05) is 6.20 Å². The van der Waals surface area contributed by atoms with Crippen LogP contribution in [0, 0.1) is 0 Å². The van der Waals surface area contributed by atoms with Crippen LogP contribution in [-0.4, -0.2) is 25.4 Å². The van der Waals surface area contributed by atoms with E-state index < -0.39 is 11.2 Å². The van der Waals surface area contributed by atoms with E-state index in [9.17, 15) is 9.59 Å². The van der Waals surface area contributed by atoms with Crippen molar-refractivity contribution in [3.63, 3.8) is 0 Å². The maximum absolute atomic E-state index is 11.4. The second-order valence-corrected chi connectivity index (χ2v) is 3.65. The van der Waals surface area contributed by atoms with E-state index >= 15 is 0 Å². The van der Waals surface area contributed by atoms with Gasteiger partial charge in [-0.05, 0) is 18.2 Å². The second-order valence-electron chi connectivity index (χ2n) is 3.65. The lowest BCUT2D eigenvalue weighted by Gasteiger charge is -1.92. The molecule has 0 unspecified atom stereocenters. The zero-order valence-electron chi connectivity index (χ0n) is 9.41. The van der Waals surface area contributed by atoms with Crippen LogP contribution in [0.4, 0.5) is 11.4 Å². The molecule has 19 heavy (non-hydrogen) atoms. The summed E-state index contributed by atoms with van der Waals surface area (Å²) in [5.41, 5.74) is 0.697. The van der Waals surface area contributed by atoms with Crippen molar-refractivity contribution in [2.45, 2.75) is 0 Å². The Bertz CT molecular complexity index is 873. The molecule has 2 aromatic heterocycles. The normalized spacial score (nSPS) is 11.4. The van der Waals surface area contributed by atoms with E-state index in [0.29, 0.717) is 16.7 Å². The zero-order chi connectivity index (χ0) is 13.2. The fourth-order valence-corrected chi connectivity index (χ4v) is 1.48. The lowest BCUT2D eigenvalue weighted by Crippen LogP contribution is -2.20.